The fourth-order valence-corrected chi connectivity index (χ4v) is 3.97. The van der Waals surface area contributed by atoms with Crippen molar-refractivity contribution >= 4 is 5.78 Å². The molecule has 144 valence electrons. The summed E-state index contributed by atoms with van der Waals surface area (Å²) in [4.78, 5) is 12.4. The van der Waals surface area contributed by atoms with Gasteiger partial charge >= 0.3 is 0 Å². The van der Waals surface area contributed by atoms with Crippen LogP contribution in [0.5, 0.6) is 5.75 Å². The number of allylic oxidation sites excluding steroid dienone is 1. The SMILES string of the molecule is C=CC1CCC(CCCCCC(=O)c2ccc(OCC)c(F)c2C)CC1. The van der Waals surface area contributed by atoms with Gasteiger partial charge in [-0.25, -0.2) is 4.39 Å². The van der Waals surface area contributed by atoms with E-state index in [1.54, 1.807) is 19.1 Å². The number of hydrogen-bond donors (Lipinski definition) is 0. The minimum atomic E-state index is -0.409. The standard InChI is InChI=1S/C23H33FO2/c1-4-18-11-13-19(14-12-18)9-7-6-8-10-21(25)20-15-16-22(26-5-2)23(24)17(20)3/h4,15-16,18-19H,1,5-14H2,2-3H3. The Bertz CT molecular complexity index is 600. The van der Waals surface area contributed by atoms with Gasteiger partial charge in [-0.1, -0.05) is 25.3 Å². The van der Waals surface area contributed by atoms with Crippen LogP contribution >= 0.6 is 0 Å². The van der Waals surface area contributed by atoms with Gasteiger partial charge < -0.3 is 4.74 Å². The highest BCUT2D eigenvalue weighted by Gasteiger charge is 2.19. The molecule has 0 aliphatic heterocycles. The number of ether oxygens (including phenoxy) is 1. The number of ketones is 1. The molecule has 1 aromatic carbocycles. The Hall–Kier alpha value is -1.64. The van der Waals surface area contributed by atoms with E-state index in [0.717, 1.165) is 24.7 Å². The first-order chi connectivity index (χ1) is 12.6. The van der Waals surface area contributed by atoms with E-state index < -0.39 is 5.82 Å². The normalized spacial score (nSPS) is 20.0. The Morgan fingerprint density at radius 1 is 1.23 bits per heavy atom. The topological polar surface area (TPSA) is 26.3 Å². The fraction of sp³-hybridized carbons (Fsp3) is 0.609. The molecule has 1 fully saturated rings. The predicted octanol–water partition coefficient (Wildman–Crippen LogP) is 6.66. The maximum Gasteiger partial charge on any atom is 0.168 e. The van der Waals surface area contributed by atoms with Gasteiger partial charge in [-0.2, -0.15) is 0 Å². The molecular weight excluding hydrogens is 327 g/mol. The minimum Gasteiger partial charge on any atom is -0.491 e. The Kier molecular flexibility index (Phi) is 8.34. The molecule has 3 heteroatoms. The van der Waals surface area contributed by atoms with E-state index in [4.69, 9.17) is 4.74 Å². The van der Waals surface area contributed by atoms with Crippen LogP contribution in [0.25, 0.3) is 0 Å². The molecule has 1 aliphatic carbocycles. The predicted molar refractivity (Wildman–Crippen MR) is 105 cm³/mol. The van der Waals surface area contributed by atoms with Crippen molar-refractivity contribution in [1.29, 1.82) is 0 Å². The molecule has 0 bridgehead atoms. The lowest BCUT2D eigenvalue weighted by Gasteiger charge is -2.26. The third-order valence-electron chi connectivity index (χ3n) is 5.69. The molecule has 0 amide bonds. The van der Waals surface area contributed by atoms with Gasteiger partial charge in [0.05, 0.1) is 6.61 Å². The second-order valence-electron chi connectivity index (χ2n) is 7.52. The summed E-state index contributed by atoms with van der Waals surface area (Å²) >= 11 is 0. The van der Waals surface area contributed by atoms with Gasteiger partial charge in [0.25, 0.3) is 0 Å². The average molecular weight is 361 g/mol. The number of carbonyl (C=O) groups excluding carboxylic acids is 1. The molecule has 0 unspecified atom stereocenters. The summed E-state index contributed by atoms with van der Waals surface area (Å²) in [5, 5.41) is 0. The highest BCUT2D eigenvalue weighted by molar-refractivity contribution is 5.97. The average Bonchev–Trinajstić information content (AvgIpc) is 2.66. The van der Waals surface area contributed by atoms with Crippen molar-refractivity contribution in [3.05, 3.63) is 41.7 Å². The molecule has 26 heavy (non-hydrogen) atoms. The molecule has 0 atom stereocenters. The molecule has 0 spiro atoms. The van der Waals surface area contributed by atoms with Crippen LogP contribution in [-0.4, -0.2) is 12.4 Å². The van der Waals surface area contributed by atoms with Crippen LogP contribution in [-0.2, 0) is 0 Å². The van der Waals surface area contributed by atoms with E-state index in [2.05, 4.69) is 12.7 Å². The van der Waals surface area contributed by atoms with E-state index in [1.165, 1.54) is 38.5 Å². The van der Waals surface area contributed by atoms with Crippen LogP contribution < -0.4 is 4.74 Å². The third kappa shape index (κ3) is 5.69. The van der Waals surface area contributed by atoms with Crippen LogP contribution in [0.4, 0.5) is 4.39 Å². The molecule has 0 saturated heterocycles. The van der Waals surface area contributed by atoms with Crippen LogP contribution in [0.2, 0.25) is 0 Å². The number of Topliss-reactive ketones (excluding diaryl/α,β-unsaturated/α-hetero) is 1. The van der Waals surface area contributed by atoms with Gasteiger partial charge in [0.2, 0.25) is 0 Å². The van der Waals surface area contributed by atoms with Crippen molar-refractivity contribution < 1.29 is 13.9 Å². The molecule has 0 radical (unpaired) electrons. The van der Waals surface area contributed by atoms with Gasteiger partial charge in [0, 0.05) is 12.0 Å². The lowest BCUT2D eigenvalue weighted by atomic mass is 9.80. The summed E-state index contributed by atoms with van der Waals surface area (Å²) in [5.41, 5.74) is 0.897. The quantitative estimate of drug-likeness (QED) is 0.265. The first kappa shape index (κ1) is 20.7. The lowest BCUT2D eigenvalue weighted by molar-refractivity contribution is 0.0977. The van der Waals surface area contributed by atoms with Gasteiger partial charge in [0.15, 0.2) is 17.3 Å². The van der Waals surface area contributed by atoms with E-state index in [0.29, 0.717) is 24.2 Å². The van der Waals surface area contributed by atoms with Gasteiger partial charge in [-0.05, 0) is 75.5 Å². The van der Waals surface area contributed by atoms with Crippen LogP contribution in [0.3, 0.4) is 0 Å². The Balaban J connectivity index is 1.71. The van der Waals surface area contributed by atoms with Crippen molar-refractivity contribution in [3.63, 3.8) is 0 Å². The number of hydrogen-bond acceptors (Lipinski definition) is 2. The van der Waals surface area contributed by atoms with Crippen LogP contribution in [0, 0.1) is 24.6 Å². The van der Waals surface area contributed by atoms with Crippen LogP contribution in [0.1, 0.15) is 80.6 Å². The van der Waals surface area contributed by atoms with Gasteiger partial charge in [-0.15, -0.1) is 6.58 Å². The third-order valence-corrected chi connectivity index (χ3v) is 5.69. The summed E-state index contributed by atoms with van der Waals surface area (Å²) < 4.78 is 19.5. The number of halogens is 1. The van der Waals surface area contributed by atoms with Crippen molar-refractivity contribution in [1.82, 2.24) is 0 Å². The molecule has 0 aromatic heterocycles. The number of unbranched alkanes of at least 4 members (excludes halogenated alkanes) is 2. The van der Waals surface area contributed by atoms with Gasteiger partial charge in [0.1, 0.15) is 0 Å². The molecule has 0 N–H and O–H groups in total. The summed E-state index contributed by atoms with van der Waals surface area (Å²) in [6.07, 6.45) is 12.2. The second kappa shape index (κ2) is 10.5. The number of benzene rings is 1. The van der Waals surface area contributed by atoms with E-state index in [-0.39, 0.29) is 11.5 Å². The molecule has 1 saturated carbocycles. The smallest absolute Gasteiger partial charge is 0.168 e. The molecule has 1 aliphatic rings. The Morgan fingerprint density at radius 3 is 2.62 bits per heavy atom. The Labute approximate surface area is 157 Å². The summed E-state index contributed by atoms with van der Waals surface area (Å²) in [6.45, 7) is 7.79. The largest absolute Gasteiger partial charge is 0.491 e. The first-order valence-electron chi connectivity index (χ1n) is 10.1. The number of rotatable bonds is 10. The summed E-state index contributed by atoms with van der Waals surface area (Å²) in [7, 11) is 0. The highest BCUT2D eigenvalue weighted by Crippen LogP contribution is 2.32. The van der Waals surface area contributed by atoms with Crippen LogP contribution in [0.15, 0.2) is 24.8 Å². The maximum absolute atomic E-state index is 14.2. The maximum atomic E-state index is 14.2. The van der Waals surface area contributed by atoms with Crippen molar-refractivity contribution in [2.45, 2.75) is 71.6 Å². The number of carbonyl (C=O) groups is 1. The van der Waals surface area contributed by atoms with E-state index >= 15 is 0 Å². The lowest BCUT2D eigenvalue weighted by Crippen LogP contribution is -2.12. The molecule has 2 nitrogen and oxygen atoms in total. The Morgan fingerprint density at radius 2 is 1.96 bits per heavy atom. The van der Waals surface area contributed by atoms with Crippen molar-refractivity contribution in [2.75, 3.05) is 6.61 Å². The van der Waals surface area contributed by atoms with Gasteiger partial charge in [-0.3, -0.25) is 4.79 Å². The van der Waals surface area contributed by atoms with Crippen molar-refractivity contribution in [3.8, 4) is 5.75 Å². The molecule has 2 rings (SSSR count). The summed E-state index contributed by atoms with van der Waals surface area (Å²) in [5.74, 6) is 1.43. The zero-order valence-electron chi connectivity index (χ0n) is 16.4. The molecular formula is C23H33FO2. The molecule has 0 heterocycles. The highest BCUT2D eigenvalue weighted by atomic mass is 19.1. The second-order valence-corrected chi connectivity index (χ2v) is 7.52. The van der Waals surface area contributed by atoms with Crippen molar-refractivity contribution in [2.24, 2.45) is 11.8 Å². The zero-order valence-corrected chi connectivity index (χ0v) is 16.4. The minimum absolute atomic E-state index is 0.0379. The summed E-state index contributed by atoms with van der Waals surface area (Å²) in [6, 6.07) is 3.27. The monoisotopic (exact) mass is 360 g/mol. The van der Waals surface area contributed by atoms with E-state index in [1.807, 2.05) is 6.92 Å². The zero-order chi connectivity index (χ0) is 18.9. The fourth-order valence-electron chi connectivity index (χ4n) is 3.97. The first-order valence-corrected chi connectivity index (χ1v) is 10.1. The molecule has 1 aromatic rings. The van der Waals surface area contributed by atoms with E-state index in [9.17, 15) is 9.18 Å².